The number of hydrogen-bond donors (Lipinski definition) is 1. The SMILES string of the molecule is COc1ccc(-c2cnc(C#N)[nH]2)c(OC)c1C. The van der Waals surface area contributed by atoms with Gasteiger partial charge in [-0.25, -0.2) is 4.98 Å². The maximum atomic E-state index is 8.77. The van der Waals surface area contributed by atoms with Gasteiger partial charge in [0.25, 0.3) is 0 Å². The molecular formula is C13H13N3O2. The van der Waals surface area contributed by atoms with Gasteiger partial charge in [-0.1, -0.05) is 0 Å². The fourth-order valence-corrected chi connectivity index (χ4v) is 1.88. The van der Waals surface area contributed by atoms with E-state index in [9.17, 15) is 0 Å². The minimum absolute atomic E-state index is 0.278. The lowest BCUT2D eigenvalue weighted by Crippen LogP contribution is -1.95. The summed E-state index contributed by atoms with van der Waals surface area (Å²) in [5, 5.41) is 8.77. The minimum Gasteiger partial charge on any atom is -0.496 e. The van der Waals surface area contributed by atoms with E-state index in [1.165, 1.54) is 0 Å². The Morgan fingerprint density at radius 1 is 1.28 bits per heavy atom. The molecule has 0 amide bonds. The van der Waals surface area contributed by atoms with Gasteiger partial charge in [-0.15, -0.1) is 0 Å². The summed E-state index contributed by atoms with van der Waals surface area (Å²) in [5.74, 6) is 1.75. The summed E-state index contributed by atoms with van der Waals surface area (Å²) in [6.07, 6.45) is 1.61. The van der Waals surface area contributed by atoms with Crippen LogP contribution < -0.4 is 9.47 Å². The number of nitrogens with zero attached hydrogens (tertiary/aromatic N) is 2. The van der Waals surface area contributed by atoms with Crippen molar-refractivity contribution in [3.63, 3.8) is 0 Å². The van der Waals surface area contributed by atoms with E-state index in [-0.39, 0.29) is 5.82 Å². The molecule has 2 aromatic rings. The number of aromatic amines is 1. The molecule has 5 nitrogen and oxygen atoms in total. The molecule has 18 heavy (non-hydrogen) atoms. The highest BCUT2D eigenvalue weighted by Gasteiger charge is 2.14. The second-order valence-corrected chi connectivity index (χ2v) is 3.73. The van der Waals surface area contributed by atoms with Gasteiger partial charge in [0.2, 0.25) is 5.82 Å². The number of H-pyrrole nitrogens is 1. The van der Waals surface area contributed by atoms with Gasteiger partial charge in [0.1, 0.15) is 17.6 Å². The van der Waals surface area contributed by atoms with E-state index in [1.807, 2.05) is 25.1 Å². The largest absolute Gasteiger partial charge is 0.496 e. The van der Waals surface area contributed by atoms with Crippen LogP contribution in [0, 0.1) is 18.3 Å². The first-order chi connectivity index (χ1) is 8.71. The van der Waals surface area contributed by atoms with Gasteiger partial charge in [-0.05, 0) is 19.1 Å². The van der Waals surface area contributed by atoms with Crippen LogP contribution in [0.15, 0.2) is 18.3 Å². The van der Waals surface area contributed by atoms with Gasteiger partial charge in [-0.2, -0.15) is 5.26 Å². The van der Waals surface area contributed by atoms with Crippen LogP contribution >= 0.6 is 0 Å². The fraction of sp³-hybridized carbons (Fsp3) is 0.231. The van der Waals surface area contributed by atoms with Crippen LogP contribution in [0.2, 0.25) is 0 Å². The molecule has 92 valence electrons. The van der Waals surface area contributed by atoms with Crippen LogP contribution in [-0.2, 0) is 0 Å². The average molecular weight is 243 g/mol. The Labute approximate surface area is 105 Å². The zero-order chi connectivity index (χ0) is 13.1. The van der Waals surface area contributed by atoms with E-state index < -0.39 is 0 Å². The van der Waals surface area contributed by atoms with Crippen molar-refractivity contribution >= 4 is 0 Å². The highest BCUT2D eigenvalue weighted by Crippen LogP contribution is 2.36. The Balaban J connectivity index is 2.58. The van der Waals surface area contributed by atoms with Gasteiger partial charge < -0.3 is 14.5 Å². The Kier molecular flexibility index (Phi) is 3.20. The van der Waals surface area contributed by atoms with Gasteiger partial charge in [0.15, 0.2) is 0 Å². The molecule has 2 rings (SSSR count). The molecule has 1 aromatic heterocycles. The molecular weight excluding hydrogens is 230 g/mol. The normalized spacial score (nSPS) is 9.89. The van der Waals surface area contributed by atoms with Crippen LogP contribution in [0.1, 0.15) is 11.4 Å². The van der Waals surface area contributed by atoms with E-state index in [4.69, 9.17) is 14.7 Å². The first-order valence-electron chi connectivity index (χ1n) is 5.38. The zero-order valence-corrected chi connectivity index (χ0v) is 10.4. The topological polar surface area (TPSA) is 70.9 Å². The summed E-state index contributed by atoms with van der Waals surface area (Å²) < 4.78 is 10.7. The van der Waals surface area contributed by atoms with Crippen molar-refractivity contribution < 1.29 is 9.47 Å². The van der Waals surface area contributed by atoms with E-state index >= 15 is 0 Å². The quantitative estimate of drug-likeness (QED) is 0.897. The third kappa shape index (κ3) is 1.89. The predicted octanol–water partition coefficient (Wildman–Crippen LogP) is 2.27. The summed E-state index contributed by atoms with van der Waals surface area (Å²) in [4.78, 5) is 6.88. The first-order valence-corrected chi connectivity index (χ1v) is 5.38. The zero-order valence-electron chi connectivity index (χ0n) is 10.4. The number of aromatic nitrogens is 2. The molecule has 1 N–H and O–H groups in total. The molecule has 1 heterocycles. The van der Waals surface area contributed by atoms with Crippen LogP contribution in [0.25, 0.3) is 11.3 Å². The second-order valence-electron chi connectivity index (χ2n) is 3.73. The summed E-state index contributed by atoms with van der Waals surface area (Å²) in [6.45, 7) is 1.92. The third-order valence-corrected chi connectivity index (χ3v) is 2.75. The lowest BCUT2D eigenvalue weighted by Gasteiger charge is -2.13. The van der Waals surface area contributed by atoms with Crippen LogP contribution in [0.3, 0.4) is 0 Å². The maximum absolute atomic E-state index is 8.77. The number of hydrogen-bond acceptors (Lipinski definition) is 4. The van der Waals surface area contributed by atoms with Crippen molar-refractivity contribution in [2.45, 2.75) is 6.92 Å². The molecule has 0 aliphatic heterocycles. The van der Waals surface area contributed by atoms with E-state index in [2.05, 4.69) is 9.97 Å². The second kappa shape index (κ2) is 4.80. The monoisotopic (exact) mass is 243 g/mol. The predicted molar refractivity (Wildman–Crippen MR) is 66.6 cm³/mol. The molecule has 0 fully saturated rings. The smallest absolute Gasteiger partial charge is 0.210 e. The molecule has 0 aliphatic rings. The molecule has 0 bridgehead atoms. The Morgan fingerprint density at radius 3 is 2.61 bits per heavy atom. The average Bonchev–Trinajstić information content (AvgIpc) is 2.87. The Hall–Kier alpha value is -2.48. The van der Waals surface area contributed by atoms with Crippen LogP contribution in [0.5, 0.6) is 11.5 Å². The molecule has 0 saturated heterocycles. The number of nitriles is 1. The van der Waals surface area contributed by atoms with Crippen molar-refractivity contribution in [3.05, 3.63) is 29.7 Å². The summed E-state index contributed by atoms with van der Waals surface area (Å²) in [7, 11) is 3.22. The molecule has 0 atom stereocenters. The molecule has 0 spiro atoms. The lowest BCUT2D eigenvalue weighted by molar-refractivity contribution is 0.390. The summed E-state index contributed by atoms with van der Waals surface area (Å²) in [5.41, 5.74) is 2.50. The number of ether oxygens (including phenoxy) is 2. The van der Waals surface area contributed by atoms with Gasteiger partial charge in [-0.3, -0.25) is 0 Å². The first kappa shape index (κ1) is 12.0. The number of methoxy groups -OCH3 is 2. The lowest BCUT2D eigenvalue weighted by atomic mass is 10.1. The van der Waals surface area contributed by atoms with Gasteiger partial charge >= 0.3 is 0 Å². The number of benzene rings is 1. The number of imidazole rings is 1. The highest BCUT2D eigenvalue weighted by molar-refractivity contribution is 5.71. The standard InChI is InChI=1S/C13H13N3O2/c1-8-11(17-2)5-4-9(13(8)18-3)10-7-15-12(6-14)16-10/h4-5,7H,1-3H3,(H,15,16). The van der Waals surface area contributed by atoms with Crippen molar-refractivity contribution in [2.75, 3.05) is 14.2 Å². The van der Waals surface area contributed by atoms with Gasteiger partial charge in [0, 0.05) is 11.1 Å². The third-order valence-electron chi connectivity index (χ3n) is 2.75. The number of rotatable bonds is 3. The summed E-state index contributed by atoms with van der Waals surface area (Å²) in [6, 6.07) is 5.70. The van der Waals surface area contributed by atoms with Gasteiger partial charge in [0.05, 0.1) is 26.1 Å². The number of nitrogens with one attached hydrogen (secondary N) is 1. The maximum Gasteiger partial charge on any atom is 0.210 e. The fourth-order valence-electron chi connectivity index (χ4n) is 1.88. The van der Waals surface area contributed by atoms with Crippen LogP contribution in [-0.4, -0.2) is 24.2 Å². The molecule has 1 aromatic carbocycles. The molecule has 0 saturated carbocycles. The van der Waals surface area contributed by atoms with Crippen LogP contribution in [0.4, 0.5) is 0 Å². The van der Waals surface area contributed by atoms with E-state index in [0.717, 1.165) is 22.6 Å². The van der Waals surface area contributed by atoms with Crippen molar-refractivity contribution in [1.82, 2.24) is 9.97 Å². The van der Waals surface area contributed by atoms with E-state index in [1.54, 1.807) is 20.4 Å². The Morgan fingerprint density at radius 2 is 2.06 bits per heavy atom. The minimum atomic E-state index is 0.278. The van der Waals surface area contributed by atoms with Crippen molar-refractivity contribution in [3.8, 4) is 28.8 Å². The summed E-state index contributed by atoms with van der Waals surface area (Å²) >= 11 is 0. The molecule has 0 unspecified atom stereocenters. The van der Waals surface area contributed by atoms with Crippen molar-refractivity contribution in [1.29, 1.82) is 5.26 Å². The molecule has 0 aliphatic carbocycles. The molecule has 0 radical (unpaired) electrons. The van der Waals surface area contributed by atoms with Crippen molar-refractivity contribution in [2.24, 2.45) is 0 Å². The molecule has 5 heteroatoms. The Bertz CT molecular complexity index is 611. The van der Waals surface area contributed by atoms with E-state index in [0.29, 0.717) is 5.75 Å². The highest BCUT2D eigenvalue weighted by atomic mass is 16.5.